The predicted octanol–water partition coefficient (Wildman–Crippen LogP) is 8.12. The van der Waals surface area contributed by atoms with Crippen LogP contribution in [0.1, 0.15) is 75.3 Å². The number of esters is 2. The molecule has 0 amide bonds. The van der Waals surface area contributed by atoms with Crippen LogP contribution in [0.2, 0.25) is 0 Å². The summed E-state index contributed by atoms with van der Waals surface area (Å²) in [7, 11) is 3.34. The largest absolute Gasteiger partial charge is 0.497 e. The van der Waals surface area contributed by atoms with Gasteiger partial charge in [0.15, 0.2) is 0 Å². The summed E-state index contributed by atoms with van der Waals surface area (Å²) in [6.45, 7) is 0.657. The zero-order valence-corrected chi connectivity index (χ0v) is 25.6. The van der Waals surface area contributed by atoms with Gasteiger partial charge in [0, 0.05) is 12.5 Å². The highest BCUT2D eigenvalue weighted by molar-refractivity contribution is 5.83. The van der Waals surface area contributed by atoms with Crippen LogP contribution in [0.25, 0.3) is 5.57 Å². The van der Waals surface area contributed by atoms with E-state index in [4.69, 9.17) is 18.9 Å². The highest BCUT2D eigenvalue weighted by Gasteiger charge is 2.12. The first-order valence-corrected chi connectivity index (χ1v) is 15.4. The molecule has 2 aromatic rings. The minimum absolute atomic E-state index is 0.191. The fourth-order valence-electron chi connectivity index (χ4n) is 5.43. The van der Waals surface area contributed by atoms with Crippen LogP contribution in [0.5, 0.6) is 11.5 Å². The molecule has 0 spiro atoms. The average molecular weight is 585 g/mol. The minimum atomic E-state index is -0.311. The Balaban J connectivity index is 1.09. The summed E-state index contributed by atoms with van der Waals surface area (Å²) in [4.78, 5) is 24.5. The molecule has 43 heavy (non-hydrogen) atoms. The van der Waals surface area contributed by atoms with Gasteiger partial charge in [-0.3, -0.25) is 4.79 Å². The molecule has 0 saturated heterocycles. The summed E-state index contributed by atoms with van der Waals surface area (Å²) in [6.07, 6.45) is 17.5. The van der Waals surface area contributed by atoms with E-state index in [0.29, 0.717) is 38.9 Å². The van der Waals surface area contributed by atoms with E-state index in [2.05, 4.69) is 42.5 Å². The number of unbranched alkanes of at least 4 members (excludes halogenated alkanes) is 1. The quantitative estimate of drug-likeness (QED) is 0.127. The number of benzene rings is 2. The molecular formula is C37H44O6. The third-order valence-corrected chi connectivity index (χ3v) is 7.78. The van der Waals surface area contributed by atoms with E-state index in [1.807, 2.05) is 24.3 Å². The first-order chi connectivity index (χ1) is 21.0. The zero-order chi connectivity index (χ0) is 30.3. The molecule has 0 radical (unpaired) electrons. The van der Waals surface area contributed by atoms with Gasteiger partial charge in [-0.2, -0.15) is 0 Å². The SMILES string of the molecule is COc1ccc(CC2=C/C(=C/C(=O)OCCCCOC(=O)CC/C=C3/C=C(c4ccc(OC)cc4)CCC3)CCC2)cc1. The lowest BCUT2D eigenvalue weighted by Gasteiger charge is -2.16. The van der Waals surface area contributed by atoms with Gasteiger partial charge < -0.3 is 18.9 Å². The topological polar surface area (TPSA) is 71.1 Å². The van der Waals surface area contributed by atoms with Crippen LogP contribution in [0.4, 0.5) is 0 Å². The van der Waals surface area contributed by atoms with Gasteiger partial charge >= 0.3 is 11.9 Å². The van der Waals surface area contributed by atoms with Crippen LogP contribution in [-0.2, 0) is 25.5 Å². The molecule has 0 aromatic heterocycles. The van der Waals surface area contributed by atoms with Crippen molar-refractivity contribution in [1.82, 2.24) is 0 Å². The number of hydrogen-bond acceptors (Lipinski definition) is 6. The van der Waals surface area contributed by atoms with E-state index in [1.54, 1.807) is 20.3 Å². The van der Waals surface area contributed by atoms with Gasteiger partial charge in [-0.1, -0.05) is 53.6 Å². The van der Waals surface area contributed by atoms with E-state index in [1.165, 1.54) is 27.8 Å². The minimum Gasteiger partial charge on any atom is -0.497 e. The van der Waals surface area contributed by atoms with Gasteiger partial charge in [0.1, 0.15) is 11.5 Å². The van der Waals surface area contributed by atoms with Gasteiger partial charge in [0.2, 0.25) is 0 Å². The fourth-order valence-corrected chi connectivity index (χ4v) is 5.43. The lowest BCUT2D eigenvalue weighted by Crippen LogP contribution is -2.08. The maximum atomic E-state index is 12.3. The lowest BCUT2D eigenvalue weighted by molar-refractivity contribution is -0.144. The molecule has 6 heteroatoms. The molecular weight excluding hydrogens is 540 g/mol. The first-order valence-electron chi connectivity index (χ1n) is 15.4. The summed E-state index contributed by atoms with van der Waals surface area (Å²) in [5.41, 5.74) is 7.39. The molecule has 2 aromatic carbocycles. The smallest absolute Gasteiger partial charge is 0.331 e. The molecule has 0 bridgehead atoms. The van der Waals surface area contributed by atoms with Crippen LogP contribution in [0.3, 0.4) is 0 Å². The predicted molar refractivity (Wildman–Crippen MR) is 170 cm³/mol. The third kappa shape index (κ3) is 10.9. The fraction of sp³-hybridized carbons (Fsp3) is 0.405. The van der Waals surface area contributed by atoms with Gasteiger partial charge in [-0.15, -0.1) is 0 Å². The van der Waals surface area contributed by atoms with Crippen molar-refractivity contribution in [3.63, 3.8) is 0 Å². The second-order valence-electron chi connectivity index (χ2n) is 11.1. The summed E-state index contributed by atoms with van der Waals surface area (Å²) < 4.78 is 21.3. The van der Waals surface area contributed by atoms with Gasteiger partial charge in [0.25, 0.3) is 0 Å². The van der Waals surface area contributed by atoms with Crippen molar-refractivity contribution in [3.8, 4) is 11.5 Å². The Morgan fingerprint density at radius 1 is 0.744 bits per heavy atom. The molecule has 0 saturated carbocycles. The van der Waals surface area contributed by atoms with Crippen LogP contribution < -0.4 is 9.47 Å². The molecule has 0 atom stereocenters. The van der Waals surface area contributed by atoms with Crippen molar-refractivity contribution < 1.29 is 28.5 Å². The number of carbonyl (C=O) groups excluding carboxylic acids is 2. The standard InChI is InChI=1S/C37H44O6/c1-40-34-18-14-29(15-19-34)24-30-10-5-11-31(25-30)27-37(39)43-23-4-3-22-42-36(38)13-7-9-28-8-6-12-33(26-28)32-16-20-35(41-2)21-17-32/h9,14-21,25-27H,3-8,10-13,22-24H2,1-2H3/b28-9+,31-27+. The van der Waals surface area contributed by atoms with Crippen molar-refractivity contribution >= 4 is 17.5 Å². The van der Waals surface area contributed by atoms with Crippen molar-refractivity contribution in [2.45, 2.75) is 70.6 Å². The van der Waals surface area contributed by atoms with Crippen molar-refractivity contribution in [2.75, 3.05) is 27.4 Å². The Kier molecular flexibility index (Phi) is 12.7. The van der Waals surface area contributed by atoms with E-state index in [9.17, 15) is 9.59 Å². The van der Waals surface area contributed by atoms with Crippen molar-refractivity contribution in [3.05, 3.63) is 101 Å². The molecule has 2 aliphatic carbocycles. The summed E-state index contributed by atoms with van der Waals surface area (Å²) in [5, 5.41) is 0. The maximum Gasteiger partial charge on any atom is 0.331 e. The molecule has 0 unspecified atom stereocenters. The van der Waals surface area contributed by atoms with Crippen LogP contribution in [0, 0.1) is 0 Å². The highest BCUT2D eigenvalue weighted by Crippen LogP contribution is 2.31. The molecule has 6 nitrogen and oxygen atoms in total. The van der Waals surface area contributed by atoms with Crippen LogP contribution in [-0.4, -0.2) is 39.4 Å². The Labute approximate surface area is 256 Å². The van der Waals surface area contributed by atoms with E-state index >= 15 is 0 Å². The molecule has 0 aliphatic heterocycles. The number of allylic oxidation sites excluding steroid dienone is 7. The van der Waals surface area contributed by atoms with Crippen LogP contribution in [0.15, 0.2) is 89.6 Å². The number of hydrogen-bond donors (Lipinski definition) is 0. The maximum absolute atomic E-state index is 12.3. The average Bonchev–Trinajstić information content (AvgIpc) is 3.03. The number of methoxy groups -OCH3 is 2. The van der Waals surface area contributed by atoms with E-state index in [0.717, 1.165) is 62.0 Å². The normalized spacial score (nSPS) is 16.8. The Morgan fingerprint density at radius 3 is 2.12 bits per heavy atom. The number of rotatable bonds is 14. The van der Waals surface area contributed by atoms with Crippen LogP contribution >= 0.6 is 0 Å². The second-order valence-corrected chi connectivity index (χ2v) is 11.1. The van der Waals surface area contributed by atoms with E-state index < -0.39 is 0 Å². The molecule has 2 aliphatic rings. The summed E-state index contributed by atoms with van der Waals surface area (Å²) in [5.74, 6) is 1.21. The molecule has 0 heterocycles. The molecule has 0 fully saturated rings. The first kappa shape index (κ1) is 31.9. The summed E-state index contributed by atoms with van der Waals surface area (Å²) in [6, 6.07) is 16.3. The molecule has 0 N–H and O–H groups in total. The molecule has 228 valence electrons. The second kappa shape index (κ2) is 17.2. The Hall–Kier alpha value is -4.06. The van der Waals surface area contributed by atoms with Crippen molar-refractivity contribution in [1.29, 1.82) is 0 Å². The monoisotopic (exact) mass is 584 g/mol. The molecule has 4 rings (SSSR count). The van der Waals surface area contributed by atoms with E-state index in [-0.39, 0.29) is 11.9 Å². The van der Waals surface area contributed by atoms with Gasteiger partial charge in [-0.05, 0) is 111 Å². The number of carbonyl (C=O) groups is 2. The van der Waals surface area contributed by atoms with Gasteiger partial charge in [0.05, 0.1) is 27.4 Å². The summed E-state index contributed by atoms with van der Waals surface area (Å²) >= 11 is 0. The van der Waals surface area contributed by atoms with Gasteiger partial charge in [-0.25, -0.2) is 4.79 Å². The third-order valence-electron chi connectivity index (χ3n) is 7.78. The number of ether oxygens (including phenoxy) is 4. The zero-order valence-electron chi connectivity index (χ0n) is 25.6. The lowest BCUT2D eigenvalue weighted by atomic mass is 9.90. The Bertz CT molecular complexity index is 1330. The van der Waals surface area contributed by atoms with Crippen molar-refractivity contribution in [2.24, 2.45) is 0 Å². The Morgan fingerprint density at radius 2 is 1.40 bits per heavy atom. The highest BCUT2D eigenvalue weighted by atomic mass is 16.5.